The van der Waals surface area contributed by atoms with Gasteiger partial charge in [0.15, 0.2) is 0 Å². The molecular weight excluding hydrogens is 438 g/mol. The molecule has 6 nitrogen and oxygen atoms in total. The monoisotopic (exact) mass is 464 g/mol. The molecule has 1 aromatic heterocycles. The fourth-order valence-electron chi connectivity index (χ4n) is 4.94. The Balaban J connectivity index is 1.32. The highest BCUT2D eigenvalue weighted by molar-refractivity contribution is 5.95. The number of anilines is 1. The van der Waals surface area contributed by atoms with E-state index in [2.05, 4.69) is 10.2 Å². The zero-order chi connectivity index (χ0) is 23.7. The van der Waals surface area contributed by atoms with Crippen LogP contribution in [0.5, 0.6) is 0 Å². The van der Waals surface area contributed by atoms with Crippen molar-refractivity contribution in [2.24, 2.45) is 0 Å². The molecule has 1 amide bonds. The molecule has 0 spiro atoms. The van der Waals surface area contributed by atoms with Crippen molar-refractivity contribution < 1.29 is 13.6 Å². The van der Waals surface area contributed by atoms with Gasteiger partial charge in [-0.1, -0.05) is 18.2 Å². The summed E-state index contributed by atoms with van der Waals surface area (Å²) in [5.74, 6) is -1.23. The van der Waals surface area contributed by atoms with E-state index in [0.717, 1.165) is 48.1 Å². The fourth-order valence-corrected chi connectivity index (χ4v) is 4.94. The van der Waals surface area contributed by atoms with Crippen LogP contribution in [0.3, 0.4) is 0 Å². The Kier molecular flexibility index (Phi) is 6.13. The van der Waals surface area contributed by atoms with Crippen molar-refractivity contribution in [1.82, 2.24) is 15.1 Å². The zero-order valence-corrected chi connectivity index (χ0v) is 18.8. The largest absolute Gasteiger partial charge is 0.366 e. The van der Waals surface area contributed by atoms with Crippen LogP contribution in [0, 0.1) is 11.6 Å². The van der Waals surface area contributed by atoms with Gasteiger partial charge in [-0.15, -0.1) is 0 Å². The summed E-state index contributed by atoms with van der Waals surface area (Å²) < 4.78 is 28.8. The van der Waals surface area contributed by atoms with E-state index in [9.17, 15) is 18.4 Å². The Morgan fingerprint density at radius 2 is 1.68 bits per heavy atom. The minimum atomic E-state index is -0.568. The molecule has 1 aliphatic carbocycles. The molecule has 8 heteroatoms. The number of piperazine rings is 1. The first-order valence-electron chi connectivity index (χ1n) is 11.7. The highest BCUT2D eigenvalue weighted by Crippen LogP contribution is 2.24. The van der Waals surface area contributed by atoms with Crippen LogP contribution in [-0.2, 0) is 19.3 Å². The molecule has 176 valence electrons. The molecule has 0 radical (unpaired) electrons. The van der Waals surface area contributed by atoms with Crippen LogP contribution in [0.1, 0.15) is 45.6 Å². The molecular formula is C26H26F2N4O2. The van der Waals surface area contributed by atoms with E-state index in [1.165, 1.54) is 12.1 Å². The number of hydrogen-bond acceptors (Lipinski definition) is 4. The normalized spacial score (nSPS) is 15.8. The van der Waals surface area contributed by atoms with Crippen molar-refractivity contribution in [2.75, 3.05) is 31.1 Å². The van der Waals surface area contributed by atoms with Gasteiger partial charge in [0.05, 0.1) is 16.9 Å². The standard InChI is InChI=1S/C26H26F2N4O2/c27-21-10-9-17(16-23-18-5-1-2-6-19(18)25(33)30-29-23)15-20(21)26(34)32-13-11-31(12-14-32)24-8-4-3-7-22(24)28/h3-4,7-10,15H,1-2,5-6,11-14,16H2,(H,30,33). The maximum Gasteiger partial charge on any atom is 0.267 e. The first-order valence-corrected chi connectivity index (χ1v) is 11.7. The molecule has 34 heavy (non-hydrogen) atoms. The van der Waals surface area contributed by atoms with Gasteiger partial charge in [0, 0.05) is 38.2 Å². The molecule has 1 fully saturated rings. The lowest BCUT2D eigenvalue weighted by atomic mass is 9.90. The molecule has 0 bridgehead atoms. The van der Waals surface area contributed by atoms with Crippen LogP contribution in [0.15, 0.2) is 47.3 Å². The Labute approximate surface area is 196 Å². The van der Waals surface area contributed by atoms with Gasteiger partial charge in [0.1, 0.15) is 11.6 Å². The third-order valence-corrected chi connectivity index (χ3v) is 6.78. The van der Waals surface area contributed by atoms with Crippen molar-refractivity contribution in [1.29, 1.82) is 0 Å². The second kappa shape index (κ2) is 9.37. The van der Waals surface area contributed by atoms with Gasteiger partial charge in [-0.2, -0.15) is 5.10 Å². The summed E-state index contributed by atoms with van der Waals surface area (Å²) in [6.45, 7) is 1.71. The number of H-pyrrole nitrogens is 1. The predicted octanol–water partition coefficient (Wildman–Crippen LogP) is 3.48. The van der Waals surface area contributed by atoms with Gasteiger partial charge in [0.2, 0.25) is 0 Å². The Bertz CT molecular complexity index is 1280. The molecule has 2 heterocycles. The minimum Gasteiger partial charge on any atom is -0.366 e. The summed E-state index contributed by atoms with van der Waals surface area (Å²) in [5.41, 5.74) is 3.72. The maximum absolute atomic E-state index is 14.7. The van der Waals surface area contributed by atoms with E-state index >= 15 is 0 Å². The molecule has 1 N–H and O–H groups in total. The zero-order valence-electron chi connectivity index (χ0n) is 18.8. The van der Waals surface area contributed by atoms with Crippen LogP contribution in [0.4, 0.5) is 14.5 Å². The summed E-state index contributed by atoms with van der Waals surface area (Å²) in [6.07, 6.45) is 3.96. The van der Waals surface area contributed by atoms with E-state index < -0.39 is 5.82 Å². The smallest absolute Gasteiger partial charge is 0.267 e. The first kappa shape index (κ1) is 22.3. The number of aromatic nitrogens is 2. The van der Waals surface area contributed by atoms with E-state index in [4.69, 9.17) is 0 Å². The van der Waals surface area contributed by atoms with E-state index in [1.807, 2.05) is 4.90 Å². The van der Waals surface area contributed by atoms with E-state index in [1.54, 1.807) is 35.2 Å². The van der Waals surface area contributed by atoms with Crippen molar-refractivity contribution in [3.05, 3.63) is 92.4 Å². The first-order chi connectivity index (χ1) is 16.5. The number of para-hydroxylation sites is 1. The van der Waals surface area contributed by atoms with Crippen LogP contribution < -0.4 is 10.5 Å². The third kappa shape index (κ3) is 4.32. The number of hydrogen-bond donors (Lipinski definition) is 1. The maximum atomic E-state index is 14.7. The van der Waals surface area contributed by atoms with E-state index in [0.29, 0.717) is 38.3 Å². The topological polar surface area (TPSA) is 69.3 Å². The molecule has 1 saturated heterocycles. The van der Waals surface area contributed by atoms with Crippen LogP contribution in [0.2, 0.25) is 0 Å². The van der Waals surface area contributed by atoms with Crippen LogP contribution in [-0.4, -0.2) is 47.2 Å². The highest BCUT2D eigenvalue weighted by atomic mass is 19.1. The van der Waals surface area contributed by atoms with Crippen molar-refractivity contribution in [2.45, 2.75) is 32.1 Å². The summed E-state index contributed by atoms with van der Waals surface area (Å²) in [7, 11) is 0. The van der Waals surface area contributed by atoms with Gasteiger partial charge >= 0.3 is 0 Å². The lowest BCUT2D eigenvalue weighted by molar-refractivity contribution is 0.0742. The number of nitrogens with one attached hydrogen (secondary N) is 1. The van der Waals surface area contributed by atoms with Gasteiger partial charge in [-0.3, -0.25) is 9.59 Å². The molecule has 3 aromatic rings. The lowest BCUT2D eigenvalue weighted by Crippen LogP contribution is -2.49. The molecule has 0 unspecified atom stereocenters. The second-order valence-electron chi connectivity index (χ2n) is 8.89. The predicted molar refractivity (Wildman–Crippen MR) is 125 cm³/mol. The quantitative estimate of drug-likeness (QED) is 0.642. The Morgan fingerprint density at radius 3 is 2.44 bits per heavy atom. The number of amides is 1. The van der Waals surface area contributed by atoms with E-state index in [-0.39, 0.29) is 22.8 Å². The molecule has 0 saturated carbocycles. The van der Waals surface area contributed by atoms with Gasteiger partial charge in [-0.05, 0) is 61.1 Å². The average molecular weight is 465 g/mol. The summed E-state index contributed by atoms with van der Waals surface area (Å²) in [6, 6.07) is 11.1. The highest BCUT2D eigenvalue weighted by Gasteiger charge is 2.26. The SMILES string of the molecule is O=C(c1cc(Cc2n[nH]c(=O)c3c2CCCC3)ccc1F)N1CCN(c2ccccc2F)CC1. The number of nitrogens with zero attached hydrogens (tertiary/aromatic N) is 3. The van der Waals surface area contributed by atoms with Crippen LogP contribution >= 0.6 is 0 Å². The van der Waals surface area contributed by atoms with Gasteiger partial charge < -0.3 is 9.80 Å². The Hall–Kier alpha value is -3.55. The molecule has 5 rings (SSSR count). The third-order valence-electron chi connectivity index (χ3n) is 6.78. The number of rotatable bonds is 4. The number of aromatic amines is 1. The number of halogens is 2. The number of benzene rings is 2. The Morgan fingerprint density at radius 1 is 0.941 bits per heavy atom. The fraction of sp³-hybridized carbons (Fsp3) is 0.346. The lowest BCUT2D eigenvalue weighted by Gasteiger charge is -2.36. The van der Waals surface area contributed by atoms with Crippen molar-refractivity contribution in [3.8, 4) is 0 Å². The van der Waals surface area contributed by atoms with Gasteiger partial charge in [0.25, 0.3) is 11.5 Å². The summed E-state index contributed by atoms with van der Waals surface area (Å²) in [5, 5.41) is 6.84. The van der Waals surface area contributed by atoms with Crippen LogP contribution in [0.25, 0.3) is 0 Å². The number of carbonyl (C=O) groups excluding carboxylic acids is 1. The summed E-state index contributed by atoms with van der Waals surface area (Å²) in [4.78, 5) is 28.8. The average Bonchev–Trinajstić information content (AvgIpc) is 2.87. The summed E-state index contributed by atoms with van der Waals surface area (Å²) >= 11 is 0. The number of carbonyl (C=O) groups is 1. The minimum absolute atomic E-state index is 0.0233. The molecule has 0 atom stereocenters. The second-order valence-corrected chi connectivity index (χ2v) is 8.89. The van der Waals surface area contributed by atoms with Crippen molar-refractivity contribution in [3.63, 3.8) is 0 Å². The molecule has 2 aromatic carbocycles. The van der Waals surface area contributed by atoms with Gasteiger partial charge in [-0.25, -0.2) is 13.9 Å². The molecule has 1 aliphatic heterocycles. The van der Waals surface area contributed by atoms with Crippen molar-refractivity contribution >= 4 is 11.6 Å². The number of fused-ring (bicyclic) bond motifs is 1. The molecule has 2 aliphatic rings.